The van der Waals surface area contributed by atoms with Gasteiger partial charge in [-0.25, -0.2) is 14.3 Å². The topological polar surface area (TPSA) is 98.0 Å². The highest BCUT2D eigenvalue weighted by molar-refractivity contribution is 6.30. The molecule has 3 heterocycles. The lowest BCUT2D eigenvalue weighted by molar-refractivity contribution is -0.135. The molecule has 0 saturated carbocycles. The second kappa shape index (κ2) is 9.46. The SMILES string of the molecule is O=C1[C@@H]2N=NN(CC(=O)N3N=C(c4ccc(Cl)cc4)C[C@H]3c3ccccc3)[C@H]2C(=O)N1c1cccc(F)c1. The first kappa shape index (κ1) is 23.9. The highest BCUT2D eigenvalue weighted by atomic mass is 35.5. The van der Waals surface area contributed by atoms with Crippen molar-refractivity contribution in [2.45, 2.75) is 24.5 Å². The number of nitrogens with zero attached hydrogens (tertiary/aromatic N) is 6. The minimum atomic E-state index is -1.10. The Balaban J connectivity index is 1.26. The summed E-state index contributed by atoms with van der Waals surface area (Å²) in [7, 11) is 0. The first-order valence-electron chi connectivity index (χ1n) is 11.9. The summed E-state index contributed by atoms with van der Waals surface area (Å²) in [4.78, 5) is 40.6. The molecule has 1 saturated heterocycles. The van der Waals surface area contributed by atoms with E-state index in [4.69, 9.17) is 11.6 Å². The third kappa shape index (κ3) is 4.12. The van der Waals surface area contributed by atoms with E-state index in [1.165, 1.54) is 28.2 Å². The van der Waals surface area contributed by atoms with Crippen molar-refractivity contribution in [3.8, 4) is 0 Å². The lowest BCUT2D eigenvalue weighted by atomic mass is 9.98. The molecule has 1 fully saturated rings. The maximum absolute atomic E-state index is 13.8. The van der Waals surface area contributed by atoms with Gasteiger partial charge in [-0.05, 0) is 41.5 Å². The number of carbonyl (C=O) groups is 3. The largest absolute Gasteiger partial charge is 0.271 e. The lowest BCUT2D eigenvalue weighted by Crippen LogP contribution is -2.44. The Hall–Kier alpha value is -4.44. The summed E-state index contributed by atoms with van der Waals surface area (Å²) in [6.45, 7) is -0.318. The van der Waals surface area contributed by atoms with Crippen molar-refractivity contribution >= 4 is 40.7 Å². The summed E-state index contributed by atoms with van der Waals surface area (Å²) in [6.07, 6.45) is 0.482. The number of hydrogen-bond acceptors (Lipinski definition) is 7. The van der Waals surface area contributed by atoms with E-state index in [-0.39, 0.29) is 18.3 Å². The smallest absolute Gasteiger partial charge is 0.264 e. The second-order valence-corrected chi connectivity index (χ2v) is 9.54. The molecule has 0 spiro atoms. The van der Waals surface area contributed by atoms with Gasteiger partial charge in [0.25, 0.3) is 17.7 Å². The van der Waals surface area contributed by atoms with Crippen molar-refractivity contribution in [2.24, 2.45) is 15.4 Å². The molecule has 11 heteroatoms. The molecule has 0 unspecified atom stereocenters. The van der Waals surface area contributed by atoms with E-state index in [0.717, 1.165) is 22.1 Å². The molecule has 0 aliphatic carbocycles. The zero-order chi connectivity index (χ0) is 26.4. The van der Waals surface area contributed by atoms with E-state index in [1.54, 1.807) is 12.1 Å². The zero-order valence-electron chi connectivity index (χ0n) is 19.8. The Morgan fingerprint density at radius 1 is 0.974 bits per heavy atom. The number of hydrazone groups is 1. The van der Waals surface area contributed by atoms with Crippen LogP contribution in [0, 0.1) is 5.82 Å². The molecule has 3 aromatic rings. The molecule has 3 aliphatic rings. The molecule has 0 bridgehead atoms. The first-order valence-corrected chi connectivity index (χ1v) is 12.3. The van der Waals surface area contributed by atoms with E-state index >= 15 is 0 Å². The molecule has 3 atom stereocenters. The van der Waals surface area contributed by atoms with Crippen LogP contribution in [-0.4, -0.2) is 52.1 Å². The van der Waals surface area contributed by atoms with Crippen LogP contribution in [0.25, 0.3) is 0 Å². The number of fused-ring (bicyclic) bond motifs is 1. The van der Waals surface area contributed by atoms with E-state index < -0.39 is 35.6 Å². The Bertz CT molecular complexity index is 1500. The number of anilines is 1. The van der Waals surface area contributed by atoms with Crippen LogP contribution < -0.4 is 4.90 Å². The molecule has 3 amide bonds. The van der Waals surface area contributed by atoms with Crippen LogP contribution in [0.15, 0.2) is 94.3 Å². The number of rotatable bonds is 5. The number of imide groups is 1. The van der Waals surface area contributed by atoms with Gasteiger partial charge in [-0.2, -0.15) is 10.2 Å². The van der Waals surface area contributed by atoms with Crippen molar-refractivity contribution in [1.82, 2.24) is 10.0 Å². The van der Waals surface area contributed by atoms with Gasteiger partial charge in [-0.3, -0.25) is 19.4 Å². The van der Waals surface area contributed by atoms with Gasteiger partial charge in [0, 0.05) is 11.4 Å². The average Bonchev–Trinajstić information content (AvgIpc) is 3.60. The summed E-state index contributed by atoms with van der Waals surface area (Å²) in [5, 5.41) is 15.8. The predicted octanol–water partition coefficient (Wildman–Crippen LogP) is 4.15. The average molecular weight is 531 g/mol. The maximum atomic E-state index is 13.8. The predicted molar refractivity (Wildman–Crippen MR) is 137 cm³/mol. The zero-order valence-corrected chi connectivity index (χ0v) is 20.6. The van der Waals surface area contributed by atoms with Gasteiger partial charge in [0.1, 0.15) is 12.4 Å². The fourth-order valence-electron chi connectivity index (χ4n) is 4.93. The number of halogens is 2. The van der Waals surface area contributed by atoms with Crippen LogP contribution in [0.2, 0.25) is 5.02 Å². The summed E-state index contributed by atoms with van der Waals surface area (Å²) in [5.41, 5.74) is 2.57. The van der Waals surface area contributed by atoms with Gasteiger partial charge in [-0.15, -0.1) is 0 Å². The van der Waals surface area contributed by atoms with Crippen molar-refractivity contribution in [3.05, 3.63) is 101 Å². The van der Waals surface area contributed by atoms with Crippen molar-refractivity contribution in [3.63, 3.8) is 0 Å². The molecule has 38 heavy (non-hydrogen) atoms. The summed E-state index contributed by atoms with van der Waals surface area (Å²) in [5.74, 6) is -2.22. The van der Waals surface area contributed by atoms with Crippen molar-refractivity contribution < 1.29 is 18.8 Å². The Labute approximate surface area is 221 Å². The molecule has 0 radical (unpaired) electrons. The van der Waals surface area contributed by atoms with Crippen molar-refractivity contribution in [1.29, 1.82) is 0 Å². The van der Waals surface area contributed by atoms with E-state index in [9.17, 15) is 18.8 Å². The Kier molecular flexibility index (Phi) is 5.96. The van der Waals surface area contributed by atoms with Gasteiger partial charge < -0.3 is 0 Å². The monoisotopic (exact) mass is 530 g/mol. The minimum absolute atomic E-state index is 0.108. The fourth-order valence-corrected chi connectivity index (χ4v) is 5.05. The molecule has 6 rings (SSSR count). The normalized spacial score (nSPS) is 22.3. The number of carbonyl (C=O) groups excluding carboxylic acids is 3. The molecule has 3 aliphatic heterocycles. The van der Waals surface area contributed by atoms with Crippen LogP contribution in [-0.2, 0) is 14.4 Å². The van der Waals surface area contributed by atoms with Crippen LogP contribution in [0.4, 0.5) is 10.1 Å². The minimum Gasteiger partial charge on any atom is -0.271 e. The quantitative estimate of drug-likeness (QED) is 0.463. The molecular formula is C27H20ClFN6O3. The van der Waals surface area contributed by atoms with Gasteiger partial charge >= 0.3 is 0 Å². The van der Waals surface area contributed by atoms with E-state index in [0.29, 0.717) is 17.2 Å². The van der Waals surface area contributed by atoms with Gasteiger partial charge in [0.05, 0.1) is 17.4 Å². The first-order chi connectivity index (χ1) is 18.4. The lowest BCUT2D eigenvalue weighted by Gasteiger charge is -2.25. The molecular weight excluding hydrogens is 511 g/mol. The van der Waals surface area contributed by atoms with Gasteiger partial charge in [0.2, 0.25) is 0 Å². The molecule has 190 valence electrons. The molecule has 0 aromatic heterocycles. The van der Waals surface area contributed by atoms with Gasteiger partial charge in [0.15, 0.2) is 12.1 Å². The highest BCUT2D eigenvalue weighted by Gasteiger charge is 2.55. The third-order valence-electron chi connectivity index (χ3n) is 6.75. The summed E-state index contributed by atoms with van der Waals surface area (Å²) >= 11 is 6.04. The third-order valence-corrected chi connectivity index (χ3v) is 7.00. The standard InChI is InChI=1S/C27H20ClFN6O3/c28-18-11-9-16(10-12-18)21-14-22(17-5-2-1-3-6-17)35(31-21)23(36)15-33-25-24(30-32-33)26(37)34(27(25)38)20-8-4-7-19(29)13-20/h1-13,22,24-25H,14-15H2/t22-,24+,25+/m0/s1. The van der Waals surface area contributed by atoms with Crippen LogP contribution in [0.3, 0.4) is 0 Å². The Morgan fingerprint density at radius 3 is 2.47 bits per heavy atom. The fraction of sp³-hybridized carbons (Fsp3) is 0.185. The number of hydrogen-bond donors (Lipinski definition) is 0. The maximum Gasteiger partial charge on any atom is 0.264 e. The Morgan fingerprint density at radius 2 is 1.74 bits per heavy atom. The van der Waals surface area contributed by atoms with E-state index in [1.807, 2.05) is 42.5 Å². The molecule has 0 N–H and O–H groups in total. The number of amides is 3. The van der Waals surface area contributed by atoms with Gasteiger partial charge in [-0.1, -0.05) is 65.4 Å². The molecule has 3 aromatic carbocycles. The molecule has 9 nitrogen and oxygen atoms in total. The van der Waals surface area contributed by atoms with Crippen LogP contribution >= 0.6 is 11.6 Å². The highest BCUT2D eigenvalue weighted by Crippen LogP contribution is 2.35. The summed E-state index contributed by atoms with van der Waals surface area (Å²) in [6, 6.07) is 19.4. The second-order valence-electron chi connectivity index (χ2n) is 9.11. The summed E-state index contributed by atoms with van der Waals surface area (Å²) < 4.78 is 13.8. The van der Waals surface area contributed by atoms with Crippen LogP contribution in [0.5, 0.6) is 0 Å². The van der Waals surface area contributed by atoms with Crippen molar-refractivity contribution in [2.75, 3.05) is 11.4 Å². The number of benzene rings is 3. The van der Waals surface area contributed by atoms with Crippen LogP contribution in [0.1, 0.15) is 23.6 Å². The van der Waals surface area contributed by atoms with E-state index in [2.05, 4.69) is 15.4 Å².